The number of rotatable bonds is 3. The fraction of sp³-hybridized carbons (Fsp3) is 0.450. The van der Waals surface area contributed by atoms with E-state index in [2.05, 4.69) is 52.1 Å². The fourth-order valence-electron chi connectivity index (χ4n) is 3.94. The molecule has 5 nitrogen and oxygen atoms in total. The molecule has 0 radical (unpaired) electrons. The molecule has 1 saturated heterocycles. The van der Waals surface area contributed by atoms with E-state index in [1.165, 1.54) is 11.3 Å². The molecule has 1 fully saturated rings. The number of benzene rings is 1. The lowest BCUT2D eigenvalue weighted by molar-refractivity contribution is -0.140. The summed E-state index contributed by atoms with van der Waals surface area (Å²) in [5, 5.41) is 0. The van der Waals surface area contributed by atoms with Crippen molar-refractivity contribution >= 4 is 5.91 Å². The van der Waals surface area contributed by atoms with Gasteiger partial charge in [0.25, 0.3) is 0 Å². The minimum absolute atomic E-state index is 0.126. The van der Waals surface area contributed by atoms with Crippen LogP contribution in [0.4, 0.5) is 0 Å². The summed E-state index contributed by atoms with van der Waals surface area (Å²) < 4.78 is 7.86. The number of carbonyl (C=O) groups excluding carboxylic acids is 1. The van der Waals surface area contributed by atoms with Crippen molar-refractivity contribution in [1.82, 2.24) is 14.4 Å². The van der Waals surface area contributed by atoms with E-state index in [1.54, 1.807) is 0 Å². The first kappa shape index (κ1) is 16.4. The minimum Gasteiger partial charge on any atom is -0.375 e. The summed E-state index contributed by atoms with van der Waals surface area (Å²) in [5.41, 5.74) is 2.51. The van der Waals surface area contributed by atoms with Crippen LogP contribution in [0.1, 0.15) is 24.2 Å². The van der Waals surface area contributed by atoms with Crippen molar-refractivity contribution in [2.24, 2.45) is 0 Å². The van der Waals surface area contributed by atoms with Crippen LogP contribution in [0.3, 0.4) is 0 Å². The van der Waals surface area contributed by atoms with Crippen LogP contribution in [0.5, 0.6) is 0 Å². The molecule has 25 heavy (non-hydrogen) atoms. The molecule has 0 unspecified atom stereocenters. The molecular formula is C20H25N3O2. The summed E-state index contributed by atoms with van der Waals surface area (Å²) in [6.45, 7) is 6.32. The maximum atomic E-state index is 12.9. The quantitative estimate of drug-likeness (QED) is 0.860. The highest BCUT2D eigenvalue weighted by Crippen LogP contribution is 2.32. The highest BCUT2D eigenvalue weighted by Gasteiger charge is 2.31. The molecule has 5 heteroatoms. The molecule has 2 aliphatic rings. The molecule has 132 valence electrons. The van der Waals surface area contributed by atoms with Gasteiger partial charge in [0.15, 0.2) is 0 Å². The maximum absolute atomic E-state index is 12.9. The van der Waals surface area contributed by atoms with Crippen LogP contribution in [0.2, 0.25) is 0 Å². The molecule has 1 aromatic carbocycles. The maximum Gasteiger partial charge on any atom is 0.236 e. The summed E-state index contributed by atoms with van der Waals surface area (Å²) in [7, 11) is 0. The number of carbonyl (C=O) groups is 1. The Morgan fingerprint density at radius 1 is 1.12 bits per heavy atom. The molecule has 0 aliphatic carbocycles. The Hall–Kier alpha value is -2.11. The second-order valence-electron chi connectivity index (χ2n) is 6.93. The van der Waals surface area contributed by atoms with Crippen LogP contribution in [0.25, 0.3) is 0 Å². The van der Waals surface area contributed by atoms with Gasteiger partial charge in [0.2, 0.25) is 5.91 Å². The molecule has 0 N–H and O–H groups in total. The average molecular weight is 339 g/mol. The molecule has 3 heterocycles. The zero-order chi connectivity index (χ0) is 17.2. The van der Waals surface area contributed by atoms with Crippen molar-refractivity contribution in [3.05, 3.63) is 59.9 Å². The number of amides is 1. The molecule has 1 aromatic heterocycles. The first-order valence-electron chi connectivity index (χ1n) is 9.06. The van der Waals surface area contributed by atoms with Crippen molar-refractivity contribution < 1.29 is 9.53 Å². The average Bonchev–Trinajstić information content (AvgIpc) is 3.11. The van der Waals surface area contributed by atoms with Gasteiger partial charge in [0, 0.05) is 38.1 Å². The Balaban J connectivity index is 1.56. The van der Waals surface area contributed by atoms with Gasteiger partial charge in [-0.15, -0.1) is 0 Å². The van der Waals surface area contributed by atoms with E-state index < -0.39 is 0 Å². The third-order valence-corrected chi connectivity index (χ3v) is 5.19. The molecular weight excluding hydrogens is 314 g/mol. The lowest BCUT2D eigenvalue weighted by atomic mass is 10.00. The Morgan fingerprint density at radius 3 is 2.76 bits per heavy atom. The minimum atomic E-state index is 0.126. The van der Waals surface area contributed by atoms with Crippen molar-refractivity contribution in [3.63, 3.8) is 0 Å². The lowest BCUT2D eigenvalue weighted by Crippen LogP contribution is -2.50. The van der Waals surface area contributed by atoms with Gasteiger partial charge in [0.05, 0.1) is 25.3 Å². The number of aromatic nitrogens is 1. The second-order valence-corrected chi connectivity index (χ2v) is 6.93. The topological polar surface area (TPSA) is 37.7 Å². The lowest BCUT2D eigenvalue weighted by Gasteiger charge is -2.39. The van der Waals surface area contributed by atoms with Crippen molar-refractivity contribution in [3.8, 4) is 0 Å². The highest BCUT2D eigenvalue weighted by atomic mass is 16.5. The summed E-state index contributed by atoms with van der Waals surface area (Å²) in [4.78, 5) is 17.1. The third-order valence-electron chi connectivity index (χ3n) is 5.19. The summed E-state index contributed by atoms with van der Waals surface area (Å²) in [5.74, 6) is 0.205. The molecule has 0 spiro atoms. The smallest absolute Gasteiger partial charge is 0.236 e. The highest BCUT2D eigenvalue weighted by molar-refractivity contribution is 5.78. The number of hydrogen-bond acceptors (Lipinski definition) is 3. The largest absolute Gasteiger partial charge is 0.375 e. The molecule has 0 saturated carbocycles. The predicted molar refractivity (Wildman–Crippen MR) is 96.3 cm³/mol. The van der Waals surface area contributed by atoms with E-state index in [0.717, 1.165) is 13.1 Å². The van der Waals surface area contributed by atoms with Gasteiger partial charge in [0.1, 0.15) is 0 Å². The van der Waals surface area contributed by atoms with E-state index >= 15 is 0 Å². The van der Waals surface area contributed by atoms with Crippen molar-refractivity contribution in [1.29, 1.82) is 0 Å². The number of fused-ring (bicyclic) bond motifs is 1. The van der Waals surface area contributed by atoms with Crippen molar-refractivity contribution in [2.45, 2.75) is 25.6 Å². The van der Waals surface area contributed by atoms with Gasteiger partial charge in [-0.1, -0.05) is 30.3 Å². The number of nitrogens with zero attached hydrogens (tertiary/aromatic N) is 3. The Bertz CT molecular complexity index is 728. The summed E-state index contributed by atoms with van der Waals surface area (Å²) >= 11 is 0. The van der Waals surface area contributed by atoms with Gasteiger partial charge in [-0.3, -0.25) is 9.69 Å². The standard InChI is InChI=1S/C20H25N3O2/c1-16-14-22(12-13-25-16)19(24)15-23-11-10-21-9-5-8-18(21)20(23)17-6-3-2-4-7-17/h2-9,16,20H,10-15H2,1H3/t16-,20+/m1/s1. The number of ether oxygens (including phenoxy) is 1. The molecule has 0 bridgehead atoms. The van der Waals surface area contributed by atoms with Crippen LogP contribution < -0.4 is 0 Å². The zero-order valence-corrected chi connectivity index (χ0v) is 14.7. The SMILES string of the molecule is C[C@@H]1CN(C(=O)CN2CCn3cccc3[C@@H]2c2ccccc2)CCO1. The van der Waals surface area contributed by atoms with Gasteiger partial charge < -0.3 is 14.2 Å². The molecule has 1 amide bonds. The van der Waals surface area contributed by atoms with Crippen LogP contribution >= 0.6 is 0 Å². The monoisotopic (exact) mass is 339 g/mol. The van der Waals surface area contributed by atoms with Crippen LogP contribution in [0.15, 0.2) is 48.7 Å². The van der Waals surface area contributed by atoms with E-state index in [0.29, 0.717) is 26.2 Å². The van der Waals surface area contributed by atoms with E-state index in [9.17, 15) is 4.79 Å². The first-order chi connectivity index (χ1) is 12.2. The van der Waals surface area contributed by atoms with Gasteiger partial charge >= 0.3 is 0 Å². The summed E-state index contributed by atoms with van der Waals surface area (Å²) in [6, 6.07) is 14.9. The number of hydrogen-bond donors (Lipinski definition) is 0. The van der Waals surface area contributed by atoms with Crippen LogP contribution in [-0.4, -0.2) is 59.2 Å². The second kappa shape index (κ2) is 7.02. The summed E-state index contributed by atoms with van der Waals surface area (Å²) in [6.07, 6.45) is 2.26. The van der Waals surface area contributed by atoms with Crippen LogP contribution in [0, 0.1) is 0 Å². The molecule has 2 atom stereocenters. The van der Waals surface area contributed by atoms with E-state index in [1.807, 2.05) is 17.9 Å². The first-order valence-corrected chi connectivity index (χ1v) is 9.06. The van der Waals surface area contributed by atoms with E-state index in [-0.39, 0.29) is 18.1 Å². The van der Waals surface area contributed by atoms with Crippen molar-refractivity contribution in [2.75, 3.05) is 32.8 Å². The number of morpholine rings is 1. The third kappa shape index (κ3) is 3.34. The van der Waals surface area contributed by atoms with Gasteiger partial charge in [-0.05, 0) is 24.6 Å². The van der Waals surface area contributed by atoms with Crippen LogP contribution in [-0.2, 0) is 16.1 Å². The Labute approximate surface area is 148 Å². The normalized spacial score (nSPS) is 24.1. The van der Waals surface area contributed by atoms with Gasteiger partial charge in [-0.2, -0.15) is 0 Å². The molecule has 2 aliphatic heterocycles. The van der Waals surface area contributed by atoms with Gasteiger partial charge in [-0.25, -0.2) is 0 Å². The molecule has 4 rings (SSSR count). The Morgan fingerprint density at radius 2 is 1.96 bits per heavy atom. The Kier molecular flexibility index (Phi) is 4.59. The molecule has 2 aromatic rings. The predicted octanol–water partition coefficient (Wildman–Crippen LogP) is 2.14. The zero-order valence-electron chi connectivity index (χ0n) is 14.7. The fourth-order valence-corrected chi connectivity index (χ4v) is 3.94. The van der Waals surface area contributed by atoms with E-state index in [4.69, 9.17) is 4.74 Å².